The summed E-state index contributed by atoms with van der Waals surface area (Å²) in [6.45, 7) is 13.2. The van der Waals surface area contributed by atoms with E-state index in [1.165, 1.54) is 23.5 Å². The van der Waals surface area contributed by atoms with Crippen molar-refractivity contribution >= 4 is 16.1 Å². The lowest BCUT2D eigenvalue weighted by Crippen LogP contribution is -2.51. The van der Waals surface area contributed by atoms with Crippen molar-refractivity contribution in [3.63, 3.8) is 0 Å². The number of sulfonamides is 1. The minimum absolute atomic E-state index is 0.00745. The highest BCUT2D eigenvalue weighted by molar-refractivity contribution is 7.89. The zero-order valence-corrected chi connectivity index (χ0v) is 27.4. The van der Waals surface area contributed by atoms with Crippen molar-refractivity contribution in [2.45, 2.75) is 77.5 Å². The van der Waals surface area contributed by atoms with Crippen molar-refractivity contribution in [2.24, 2.45) is 5.92 Å². The van der Waals surface area contributed by atoms with E-state index in [0.29, 0.717) is 5.75 Å². The summed E-state index contributed by atoms with van der Waals surface area (Å²) in [6, 6.07) is 19.6. The van der Waals surface area contributed by atoms with E-state index in [9.17, 15) is 18.3 Å². The number of hydrogen-bond acceptors (Lipinski definition) is 6. The van der Waals surface area contributed by atoms with E-state index in [1.54, 1.807) is 32.9 Å². The fraction of sp³-hybridized carbons (Fsp3) is 0.441. The molecule has 2 N–H and O–H groups in total. The monoisotopic (exact) mass is 610 g/mol. The lowest BCUT2D eigenvalue weighted by atomic mass is 9.95. The Morgan fingerprint density at radius 2 is 1.56 bits per heavy atom. The first-order valence-electron chi connectivity index (χ1n) is 14.6. The minimum Gasteiger partial charge on any atom is -0.497 e. The number of carbonyl (C=O) groups is 1. The van der Waals surface area contributed by atoms with Gasteiger partial charge in [0.1, 0.15) is 11.4 Å². The van der Waals surface area contributed by atoms with E-state index >= 15 is 0 Å². The summed E-state index contributed by atoms with van der Waals surface area (Å²) in [5, 5.41) is 14.4. The van der Waals surface area contributed by atoms with Crippen molar-refractivity contribution in [3.8, 4) is 16.9 Å². The Morgan fingerprint density at radius 3 is 2.12 bits per heavy atom. The molecule has 0 aliphatic carbocycles. The van der Waals surface area contributed by atoms with Gasteiger partial charge in [0.25, 0.3) is 0 Å². The maximum absolute atomic E-state index is 13.7. The maximum Gasteiger partial charge on any atom is 0.407 e. The third kappa shape index (κ3) is 10.1. The van der Waals surface area contributed by atoms with Crippen LogP contribution < -0.4 is 10.1 Å². The van der Waals surface area contributed by atoms with Gasteiger partial charge in [0.2, 0.25) is 10.0 Å². The summed E-state index contributed by atoms with van der Waals surface area (Å²) >= 11 is 0. The van der Waals surface area contributed by atoms with Gasteiger partial charge in [-0.2, -0.15) is 4.31 Å². The Balaban J connectivity index is 1.93. The van der Waals surface area contributed by atoms with E-state index in [4.69, 9.17) is 9.47 Å². The van der Waals surface area contributed by atoms with Crippen molar-refractivity contribution in [2.75, 3.05) is 20.2 Å². The molecule has 2 atom stereocenters. The van der Waals surface area contributed by atoms with Gasteiger partial charge in [0.15, 0.2) is 0 Å². The van der Waals surface area contributed by atoms with Crippen LogP contribution in [0.1, 0.15) is 51.3 Å². The second-order valence-electron chi connectivity index (χ2n) is 12.5. The Morgan fingerprint density at radius 1 is 0.930 bits per heavy atom. The summed E-state index contributed by atoms with van der Waals surface area (Å²) in [4.78, 5) is 13.0. The number of aliphatic hydroxyl groups is 1. The molecule has 3 aromatic carbocycles. The van der Waals surface area contributed by atoms with Gasteiger partial charge in [-0.3, -0.25) is 0 Å². The standard InChI is InChI=1S/C34H46N2O6S/c1-23(2)21-36(43(39,40)30-14-12-29(41-8)13-15-30)22-32(37)31(35-33(38)42-34(5,6)7)20-26-10-9-11-27(19-26)28-17-24(3)16-25(4)18-28/h9-19,23,31-32,37H,20-22H2,1-8H3,(H,35,38)/t31-,32+/m0/s1. The topological polar surface area (TPSA) is 105 Å². The van der Waals surface area contributed by atoms with E-state index < -0.39 is 33.9 Å². The number of ether oxygens (including phenoxy) is 2. The number of nitrogens with zero attached hydrogens (tertiary/aromatic N) is 1. The molecule has 234 valence electrons. The number of aliphatic hydroxyl groups excluding tert-OH is 1. The molecule has 9 heteroatoms. The van der Waals surface area contributed by atoms with Gasteiger partial charge in [-0.05, 0) is 87.9 Å². The quantitative estimate of drug-likeness (QED) is 0.256. The average molecular weight is 611 g/mol. The van der Waals surface area contributed by atoms with Gasteiger partial charge in [-0.1, -0.05) is 67.4 Å². The number of benzene rings is 3. The predicted octanol–water partition coefficient (Wildman–Crippen LogP) is 6.12. The van der Waals surface area contributed by atoms with Gasteiger partial charge < -0.3 is 19.9 Å². The summed E-state index contributed by atoms with van der Waals surface area (Å²) in [5.41, 5.74) is 4.53. The fourth-order valence-corrected chi connectivity index (χ4v) is 6.55. The van der Waals surface area contributed by atoms with Gasteiger partial charge in [-0.15, -0.1) is 0 Å². The number of alkyl carbamates (subject to hydrolysis) is 1. The molecule has 0 spiro atoms. The Kier molecular flexibility index (Phi) is 11.4. The zero-order chi connectivity index (χ0) is 31.9. The molecule has 8 nitrogen and oxygen atoms in total. The van der Waals surface area contributed by atoms with Crippen molar-refractivity contribution in [1.82, 2.24) is 9.62 Å². The van der Waals surface area contributed by atoms with Crippen LogP contribution in [0.25, 0.3) is 11.1 Å². The van der Waals surface area contributed by atoms with Crippen LogP contribution in [0.4, 0.5) is 4.79 Å². The number of aryl methyl sites for hydroxylation is 2. The molecule has 0 radical (unpaired) electrons. The third-order valence-electron chi connectivity index (χ3n) is 6.76. The number of amides is 1. The normalized spacial score (nSPS) is 13.6. The van der Waals surface area contributed by atoms with Crippen LogP contribution in [0.2, 0.25) is 0 Å². The maximum atomic E-state index is 13.7. The highest BCUT2D eigenvalue weighted by Gasteiger charge is 2.32. The molecule has 0 aliphatic rings. The van der Waals surface area contributed by atoms with E-state index in [2.05, 4.69) is 37.4 Å². The predicted molar refractivity (Wildman–Crippen MR) is 171 cm³/mol. The average Bonchev–Trinajstić information content (AvgIpc) is 2.90. The largest absolute Gasteiger partial charge is 0.497 e. The second kappa shape index (κ2) is 14.4. The molecule has 1 amide bonds. The minimum atomic E-state index is -3.96. The lowest BCUT2D eigenvalue weighted by Gasteiger charge is -2.31. The smallest absolute Gasteiger partial charge is 0.407 e. The number of rotatable bonds is 12. The molecule has 0 heterocycles. The molecule has 43 heavy (non-hydrogen) atoms. The SMILES string of the molecule is COc1ccc(S(=O)(=O)N(CC(C)C)C[C@@H](O)[C@H](Cc2cccc(-c3cc(C)cc(C)c3)c2)NC(=O)OC(C)(C)C)cc1. The van der Waals surface area contributed by atoms with Crippen LogP contribution >= 0.6 is 0 Å². The Labute approximate surface area is 257 Å². The van der Waals surface area contributed by atoms with Crippen LogP contribution in [0.15, 0.2) is 71.6 Å². The van der Waals surface area contributed by atoms with E-state index in [0.717, 1.165) is 27.8 Å². The van der Waals surface area contributed by atoms with Crippen molar-refractivity contribution in [3.05, 3.63) is 83.4 Å². The molecule has 0 bridgehead atoms. The van der Waals surface area contributed by atoms with Gasteiger partial charge in [-0.25, -0.2) is 13.2 Å². The zero-order valence-electron chi connectivity index (χ0n) is 26.5. The molecule has 0 saturated heterocycles. The summed E-state index contributed by atoms with van der Waals surface area (Å²) in [6.07, 6.45) is -1.66. The number of methoxy groups -OCH3 is 1. The summed E-state index contributed by atoms with van der Waals surface area (Å²) in [7, 11) is -2.44. The third-order valence-corrected chi connectivity index (χ3v) is 8.61. The first-order valence-corrected chi connectivity index (χ1v) is 16.0. The van der Waals surface area contributed by atoms with Crippen molar-refractivity contribution in [1.29, 1.82) is 0 Å². The molecule has 3 rings (SSSR count). The van der Waals surface area contributed by atoms with Crippen LogP contribution in [-0.4, -0.2) is 61.9 Å². The highest BCUT2D eigenvalue weighted by atomic mass is 32.2. The molecule has 3 aromatic rings. The van der Waals surface area contributed by atoms with Crippen LogP contribution in [0, 0.1) is 19.8 Å². The van der Waals surface area contributed by atoms with Crippen LogP contribution in [0.5, 0.6) is 5.75 Å². The number of carbonyl (C=O) groups excluding carboxylic acids is 1. The first-order chi connectivity index (χ1) is 20.1. The molecule has 0 aromatic heterocycles. The van der Waals surface area contributed by atoms with Gasteiger partial charge in [0, 0.05) is 13.1 Å². The van der Waals surface area contributed by atoms with Crippen LogP contribution in [-0.2, 0) is 21.2 Å². The lowest BCUT2D eigenvalue weighted by molar-refractivity contribution is 0.0400. The summed E-state index contributed by atoms with van der Waals surface area (Å²) < 4.78 is 39.4. The molecular weight excluding hydrogens is 564 g/mol. The van der Waals surface area contributed by atoms with E-state index in [1.807, 2.05) is 38.1 Å². The molecule has 0 saturated carbocycles. The highest BCUT2D eigenvalue weighted by Crippen LogP contribution is 2.25. The molecule has 0 unspecified atom stereocenters. The fourth-order valence-electron chi connectivity index (χ4n) is 4.93. The molecule has 0 aliphatic heterocycles. The van der Waals surface area contributed by atoms with Gasteiger partial charge in [0.05, 0.1) is 24.2 Å². The van der Waals surface area contributed by atoms with Crippen LogP contribution in [0.3, 0.4) is 0 Å². The number of nitrogens with one attached hydrogen (secondary N) is 1. The Bertz CT molecular complexity index is 1460. The Hall–Kier alpha value is -3.40. The van der Waals surface area contributed by atoms with E-state index in [-0.39, 0.29) is 30.3 Å². The first kappa shape index (κ1) is 34.1. The molecular formula is C34H46N2O6S. The van der Waals surface area contributed by atoms with Crippen molar-refractivity contribution < 1.29 is 27.8 Å². The summed E-state index contributed by atoms with van der Waals surface area (Å²) in [5.74, 6) is 0.533. The second-order valence-corrected chi connectivity index (χ2v) is 14.4. The molecule has 0 fully saturated rings. The van der Waals surface area contributed by atoms with Gasteiger partial charge >= 0.3 is 6.09 Å². The number of hydrogen-bond donors (Lipinski definition) is 2.